The van der Waals surface area contributed by atoms with Crippen LogP contribution >= 0.6 is 11.3 Å². The van der Waals surface area contributed by atoms with E-state index < -0.39 is 10.0 Å². The molecule has 3 aromatic rings. The second kappa shape index (κ2) is 11.3. The Bertz CT molecular complexity index is 1310. The van der Waals surface area contributed by atoms with Crippen molar-refractivity contribution in [3.63, 3.8) is 0 Å². The van der Waals surface area contributed by atoms with E-state index in [0.717, 1.165) is 41.6 Å². The number of piperazine rings is 1. The molecule has 2 saturated heterocycles. The van der Waals surface area contributed by atoms with Gasteiger partial charge in [-0.15, -0.1) is 11.3 Å². The van der Waals surface area contributed by atoms with Crippen LogP contribution in [-0.2, 0) is 21.3 Å². The molecule has 196 valence electrons. The lowest BCUT2D eigenvalue weighted by molar-refractivity contribution is 0.0628. The van der Waals surface area contributed by atoms with Gasteiger partial charge in [0.25, 0.3) is 5.91 Å². The van der Waals surface area contributed by atoms with E-state index in [0.29, 0.717) is 45.0 Å². The summed E-state index contributed by atoms with van der Waals surface area (Å²) in [5.74, 6) is 0.742. The van der Waals surface area contributed by atoms with Crippen LogP contribution in [0.2, 0.25) is 0 Å². The van der Waals surface area contributed by atoms with Crippen LogP contribution in [0.1, 0.15) is 15.4 Å². The van der Waals surface area contributed by atoms with Crippen LogP contribution in [0.5, 0.6) is 5.75 Å². The van der Waals surface area contributed by atoms with Gasteiger partial charge in [-0.25, -0.2) is 13.4 Å². The van der Waals surface area contributed by atoms with Crippen molar-refractivity contribution in [2.75, 3.05) is 59.6 Å². The third-order valence-corrected chi connectivity index (χ3v) is 9.41. The summed E-state index contributed by atoms with van der Waals surface area (Å²) >= 11 is 1.64. The molecule has 2 aliphatic heterocycles. The Hall–Kier alpha value is -2.83. The topological polar surface area (TPSA) is 92.3 Å². The predicted molar refractivity (Wildman–Crippen MR) is 141 cm³/mol. The molecule has 0 atom stereocenters. The SMILES string of the molecule is COc1ccc(-c2csc(CN3CCN(C(=O)c4ccc(S(=O)(=O)N5CCOCC5)cc4)CC3)n2)cc1. The van der Waals surface area contributed by atoms with Crippen LogP contribution in [0.15, 0.2) is 58.8 Å². The quantitative estimate of drug-likeness (QED) is 0.453. The standard InChI is InChI=1S/C26H30N4O5S2/c1-34-22-6-2-20(3-7-22)24-19-36-25(27-24)18-28-10-12-29(13-11-28)26(31)21-4-8-23(9-5-21)37(32,33)30-14-16-35-17-15-30/h2-9,19H,10-18H2,1H3. The molecule has 37 heavy (non-hydrogen) atoms. The number of methoxy groups -OCH3 is 1. The highest BCUT2D eigenvalue weighted by Crippen LogP contribution is 2.25. The fourth-order valence-electron chi connectivity index (χ4n) is 4.47. The Morgan fingerprint density at radius 1 is 0.973 bits per heavy atom. The number of aromatic nitrogens is 1. The number of benzene rings is 2. The molecule has 1 aromatic heterocycles. The molecule has 1 amide bonds. The molecule has 0 unspecified atom stereocenters. The first-order valence-corrected chi connectivity index (χ1v) is 14.5. The number of carbonyl (C=O) groups is 1. The van der Waals surface area contributed by atoms with Gasteiger partial charge >= 0.3 is 0 Å². The molecule has 3 heterocycles. The highest BCUT2D eigenvalue weighted by atomic mass is 32.2. The highest BCUT2D eigenvalue weighted by molar-refractivity contribution is 7.89. The summed E-state index contributed by atoms with van der Waals surface area (Å²) < 4.78 is 37.5. The second-order valence-electron chi connectivity index (χ2n) is 8.96. The normalized spacial score (nSPS) is 17.6. The average Bonchev–Trinajstić information content (AvgIpc) is 3.42. The largest absolute Gasteiger partial charge is 0.497 e. The van der Waals surface area contributed by atoms with E-state index in [1.807, 2.05) is 29.2 Å². The number of rotatable bonds is 7. The summed E-state index contributed by atoms with van der Waals surface area (Å²) in [4.78, 5) is 22.2. The van der Waals surface area contributed by atoms with Crippen molar-refractivity contribution in [1.82, 2.24) is 19.1 Å². The lowest BCUT2D eigenvalue weighted by Gasteiger charge is -2.34. The zero-order chi connectivity index (χ0) is 25.8. The van der Waals surface area contributed by atoms with Gasteiger partial charge in [0.2, 0.25) is 10.0 Å². The van der Waals surface area contributed by atoms with E-state index in [9.17, 15) is 13.2 Å². The van der Waals surface area contributed by atoms with Crippen molar-refractivity contribution in [2.24, 2.45) is 0 Å². The molecule has 2 aliphatic rings. The van der Waals surface area contributed by atoms with E-state index in [4.69, 9.17) is 14.5 Å². The summed E-state index contributed by atoms with van der Waals surface area (Å²) in [6.45, 7) is 4.97. The lowest BCUT2D eigenvalue weighted by atomic mass is 10.2. The van der Waals surface area contributed by atoms with Crippen LogP contribution in [0.25, 0.3) is 11.3 Å². The zero-order valence-electron chi connectivity index (χ0n) is 20.7. The number of ether oxygens (including phenoxy) is 2. The summed E-state index contributed by atoms with van der Waals surface area (Å²) in [5, 5.41) is 3.11. The number of sulfonamides is 1. The van der Waals surface area contributed by atoms with Gasteiger partial charge in [-0.1, -0.05) is 0 Å². The van der Waals surface area contributed by atoms with Gasteiger partial charge in [0.1, 0.15) is 10.8 Å². The van der Waals surface area contributed by atoms with E-state index in [-0.39, 0.29) is 10.8 Å². The van der Waals surface area contributed by atoms with Crippen LogP contribution in [0, 0.1) is 0 Å². The summed E-state index contributed by atoms with van der Waals surface area (Å²) in [6, 6.07) is 14.1. The molecule has 0 saturated carbocycles. The van der Waals surface area contributed by atoms with Gasteiger partial charge in [0, 0.05) is 55.8 Å². The van der Waals surface area contributed by atoms with Gasteiger partial charge in [-0.2, -0.15) is 4.31 Å². The number of hydrogen-bond donors (Lipinski definition) is 0. The first-order valence-electron chi connectivity index (χ1n) is 12.2. The van der Waals surface area contributed by atoms with Crippen molar-refractivity contribution in [3.8, 4) is 17.0 Å². The van der Waals surface area contributed by atoms with E-state index >= 15 is 0 Å². The minimum absolute atomic E-state index is 0.0778. The van der Waals surface area contributed by atoms with Crippen LogP contribution in [0.3, 0.4) is 0 Å². The van der Waals surface area contributed by atoms with Crippen LogP contribution in [-0.4, -0.2) is 93.0 Å². The zero-order valence-corrected chi connectivity index (χ0v) is 22.3. The summed E-state index contributed by atoms with van der Waals surface area (Å²) in [5.41, 5.74) is 2.51. The maximum absolute atomic E-state index is 13.0. The number of morpholine rings is 1. The number of thiazole rings is 1. The van der Waals surface area contributed by atoms with Gasteiger partial charge in [-0.3, -0.25) is 9.69 Å². The van der Waals surface area contributed by atoms with Crippen molar-refractivity contribution < 1.29 is 22.7 Å². The Kier molecular flexibility index (Phi) is 7.87. The van der Waals surface area contributed by atoms with Gasteiger partial charge in [-0.05, 0) is 48.5 Å². The molecule has 0 radical (unpaired) electrons. The molecular formula is C26H30N4O5S2. The summed E-state index contributed by atoms with van der Waals surface area (Å²) in [6.07, 6.45) is 0. The lowest BCUT2D eigenvalue weighted by Crippen LogP contribution is -2.48. The van der Waals surface area contributed by atoms with E-state index in [1.165, 1.54) is 16.4 Å². The molecular weight excluding hydrogens is 512 g/mol. The number of carbonyl (C=O) groups excluding carboxylic acids is 1. The second-order valence-corrected chi connectivity index (χ2v) is 11.8. The van der Waals surface area contributed by atoms with Crippen molar-refractivity contribution in [1.29, 1.82) is 0 Å². The number of hydrogen-bond acceptors (Lipinski definition) is 8. The molecule has 0 spiro atoms. The minimum Gasteiger partial charge on any atom is -0.497 e. The molecule has 0 aliphatic carbocycles. The van der Waals surface area contributed by atoms with Crippen LogP contribution < -0.4 is 4.74 Å². The minimum atomic E-state index is -3.57. The monoisotopic (exact) mass is 542 g/mol. The number of amides is 1. The maximum Gasteiger partial charge on any atom is 0.253 e. The molecule has 5 rings (SSSR count). The Morgan fingerprint density at radius 3 is 2.30 bits per heavy atom. The van der Waals surface area contributed by atoms with Gasteiger partial charge in [0.15, 0.2) is 0 Å². The summed E-state index contributed by atoms with van der Waals surface area (Å²) in [7, 11) is -1.92. The molecule has 2 aromatic carbocycles. The molecule has 0 bridgehead atoms. The fraction of sp³-hybridized carbons (Fsp3) is 0.385. The Morgan fingerprint density at radius 2 is 1.65 bits per heavy atom. The Labute approximate surface area is 221 Å². The van der Waals surface area contributed by atoms with Crippen molar-refractivity contribution in [3.05, 3.63) is 64.5 Å². The van der Waals surface area contributed by atoms with Gasteiger partial charge < -0.3 is 14.4 Å². The third-order valence-electron chi connectivity index (χ3n) is 6.66. The van der Waals surface area contributed by atoms with E-state index in [2.05, 4.69) is 10.3 Å². The highest BCUT2D eigenvalue weighted by Gasteiger charge is 2.27. The van der Waals surface area contributed by atoms with Crippen molar-refractivity contribution in [2.45, 2.75) is 11.4 Å². The molecule has 9 nitrogen and oxygen atoms in total. The van der Waals surface area contributed by atoms with Crippen LogP contribution in [0.4, 0.5) is 0 Å². The molecule has 2 fully saturated rings. The van der Waals surface area contributed by atoms with Crippen molar-refractivity contribution >= 4 is 27.3 Å². The first-order chi connectivity index (χ1) is 17.9. The first kappa shape index (κ1) is 25.8. The smallest absolute Gasteiger partial charge is 0.253 e. The predicted octanol–water partition coefficient (Wildman–Crippen LogP) is 2.80. The average molecular weight is 543 g/mol. The molecule has 0 N–H and O–H groups in total. The molecule has 11 heteroatoms. The maximum atomic E-state index is 13.0. The third kappa shape index (κ3) is 5.86. The fourth-order valence-corrected chi connectivity index (χ4v) is 6.72. The Balaban J connectivity index is 1.14. The van der Waals surface area contributed by atoms with E-state index in [1.54, 1.807) is 30.6 Å². The number of nitrogens with zero attached hydrogens (tertiary/aromatic N) is 4. The van der Waals surface area contributed by atoms with Gasteiger partial charge in [0.05, 0.1) is 37.5 Å².